The van der Waals surface area contributed by atoms with Crippen molar-refractivity contribution in [2.75, 3.05) is 26.3 Å². The fraction of sp³-hybridized carbons (Fsp3) is 0.714. The third-order valence-electron chi connectivity index (χ3n) is 1.35. The van der Waals surface area contributed by atoms with Gasteiger partial charge in [-0.15, -0.1) is 0 Å². The second-order valence-corrected chi connectivity index (χ2v) is 2.61. The van der Waals surface area contributed by atoms with Gasteiger partial charge in [0.2, 0.25) is 5.91 Å². The minimum atomic E-state index is -1.06. The Morgan fingerprint density at radius 3 is 2.38 bits per heavy atom. The van der Waals surface area contributed by atoms with Gasteiger partial charge in [0.05, 0.1) is 19.8 Å². The predicted octanol–water partition coefficient (Wildman–Crippen LogP) is -0.782. The van der Waals surface area contributed by atoms with Gasteiger partial charge in [0.1, 0.15) is 0 Å². The first-order valence-corrected chi connectivity index (χ1v) is 3.84. The van der Waals surface area contributed by atoms with E-state index in [1.165, 1.54) is 4.90 Å². The molecule has 0 aromatic rings. The number of carboxylic acids is 1. The summed E-state index contributed by atoms with van der Waals surface area (Å²) < 4.78 is 11.7. The zero-order valence-corrected chi connectivity index (χ0v) is 7.20. The van der Waals surface area contributed by atoms with Crippen LogP contribution in [0, 0.1) is 0 Å². The highest BCUT2D eigenvalue weighted by Crippen LogP contribution is 1.91. The molecule has 0 spiro atoms. The van der Waals surface area contributed by atoms with Gasteiger partial charge in [0.25, 0.3) is 0 Å². The number of carbonyl (C=O) groups excluding carboxylic acids is 1. The lowest BCUT2D eigenvalue weighted by Gasteiger charge is -2.16. The van der Waals surface area contributed by atoms with Crippen molar-refractivity contribution in [2.45, 2.75) is 6.42 Å². The maximum atomic E-state index is 11.7. The third-order valence-corrected chi connectivity index (χ3v) is 1.35. The Kier molecular flexibility index (Phi) is 5.79. The quantitative estimate of drug-likeness (QED) is 0.554. The fourth-order valence-electron chi connectivity index (χ4n) is 0.909. The second-order valence-electron chi connectivity index (χ2n) is 2.61. The lowest BCUT2D eigenvalue weighted by Crippen LogP contribution is -2.38. The number of amides is 1. The average molecular weight is 192 g/mol. The van der Waals surface area contributed by atoms with Gasteiger partial charge in [-0.3, -0.25) is 18.9 Å². The minimum Gasteiger partial charge on any atom is -0.480 e. The molecular weight excluding hydrogens is 179 g/mol. The van der Waals surface area contributed by atoms with Gasteiger partial charge in [-0.05, 0) is 6.42 Å². The van der Waals surface area contributed by atoms with E-state index < -0.39 is 18.6 Å². The van der Waals surface area contributed by atoms with Gasteiger partial charge in [-0.1, -0.05) is 0 Å². The van der Waals surface area contributed by atoms with Crippen LogP contribution in [-0.4, -0.2) is 48.2 Å². The Morgan fingerprint density at radius 2 is 2.00 bits per heavy atom. The van der Waals surface area contributed by atoms with Crippen molar-refractivity contribution in [3.63, 3.8) is 0 Å². The molecule has 0 fully saturated rings. The number of carbonyl (C=O) groups is 2. The zero-order valence-electron chi connectivity index (χ0n) is 7.20. The summed E-state index contributed by atoms with van der Waals surface area (Å²) in [5.41, 5.74) is 4.87. The molecule has 0 saturated heterocycles. The Hall–Kier alpha value is -1.17. The molecule has 0 aliphatic carbocycles. The van der Waals surface area contributed by atoms with Gasteiger partial charge in [0.15, 0.2) is 0 Å². The normalized spacial score (nSPS) is 10.3. The molecule has 13 heavy (non-hydrogen) atoms. The Morgan fingerprint density at radius 1 is 1.38 bits per heavy atom. The summed E-state index contributed by atoms with van der Waals surface area (Å²) in [4.78, 5) is 22.0. The highest BCUT2D eigenvalue weighted by Gasteiger charge is 2.11. The highest BCUT2D eigenvalue weighted by atomic mass is 19.1. The maximum absolute atomic E-state index is 11.7. The van der Waals surface area contributed by atoms with Gasteiger partial charge >= 0.3 is 5.97 Å². The Bertz CT molecular complexity index is 171. The largest absolute Gasteiger partial charge is 0.480 e. The average Bonchev–Trinajstić information content (AvgIpc) is 1.98. The summed E-state index contributed by atoms with van der Waals surface area (Å²) in [6.07, 6.45) is 0.209. The van der Waals surface area contributed by atoms with Crippen molar-refractivity contribution < 1.29 is 19.1 Å². The van der Waals surface area contributed by atoms with Crippen molar-refractivity contribution in [1.82, 2.24) is 4.90 Å². The first-order valence-electron chi connectivity index (χ1n) is 3.84. The number of nitrogens with zero attached hydrogens (tertiary/aromatic N) is 1. The molecule has 0 unspecified atom stereocenters. The highest BCUT2D eigenvalue weighted by molar-refractivity contribution is 5.77. The monoisotopic (exact) mass is 192 g/mol. The van der Waals surface area contributed by atoms with Gasteiger partial charge in [0, 0.05) is 6.54 Å². The SMILES string of the molecule is NC(=O)CN(CCCF)CC(=O)O. The number of carboxylic acid groups (broad SMARTS) is 1. The molecule has 0 aromatic heterocycles. The topological polar surface area (TPSA) is 83.6 Å². The number of hydrogen-bond donors (Lipinski definition) is 2. The first-order chi connectivity index (χ1) is 6.06. The number of alkyl halides is 1. The molecule has 0 radical (unpaired) electrons. The fourth-order valence-corrected chi connectivity index (χ4v) is 0.909. The van der Waals surface area contributed by atoms with Crippen molar-refractivity contribution in [1.29, 1.82) is 0 Å². The Labute approximate surface area is 75.3 Å². The maximum Gasteiger partial charge on any atom is 0.317 e. The number of halogens is 1. The summed E-state index contributed by atoms with van der Waals surface area (Å²) in [7, 11) is 0. The van der Waals surface area contributed by atoms with Crippen LogP contribution in [-0.2, 0) is 9.59 Å². The van der Waals surface area contributed by atoms with Crippen molar-refractivity contribution in [3.8, 4) is 0 Å². The molecule has 0 aliphatic heterocycles. The molecule has 76 valence electrons. The van der Waals surface area contributed by atoms with Crippen LogP contribution >= 0.6 is 0 Å². The van der Waals surface area contributed by atoms with E-state index in [-0.39, 0.29) is 26.1 Å². The molecule has 6 heteroatoms. The number of nitrogens with two attached hydrogens (primary N) is 1. The third kappa shape index (κ3) is 7.20. The van der Waals surface area contributed by atoms with Gasteiger partial charge < -0.3 is 10.8 Å². The van der Waals surface area contributed by atoms with Crippen molar-refractivity contribution >= 4 is 11.9 Å². The van der Waals surface area contributed by atoms with Crippen LogP contribution in [0.2, 0.25) is 0 Å². The lowest BCUT2D eigenvalue weighted by atomic mass is 10.4. The molecule has 1 amide bonds. The molecule has 0 atom stereocenters. The second kappa shape index (κ2) is 6.36. The standard InChI is InChI=1S/C7H13FN2O3/c8-2-1-3-10(4-6(9)11)5-7(12)13/h1-5H2,(H2,9,11)(H,12,13). The van der Waals surface area contributed by atoms with E-state index in [0.717, 1.165) is 0 Å². The van der Waals surface area contributed by atoms with Crippen LogP contribution < -0.4 is 5.73 Å². The Balaban J connectivity index is 3.87. The van der Waals surface area contributed by atoms with Crippen LogP contribution in [0.1, 0.15) is 6.42 Å². The summed E-state index contributed by atoms with van der Waals surface area (Å²) in [5.74, 6) is -1.67. The number of rotatable bonds is 7. The molecule has 0 bridgehead atoms. The number of primary amides is 1. The van der Waals surface area contributed by atoms with E-state index >= 15 is 0 Å². The van der Waals surface area contributed by atoms with Crippen molar-refractivity contribution in [3.05, 3.63) is 0 Å². The zero-order chi connectivity index (χ0) is 10.3. The van der Waals surface area contributed by atoms with E-state index in [4.69, 9.17) is 10.8 Å². The summed E-state index contributed by atoms with van der Waals surface area (Å²) in [5, 5.41) is 8.41. The van der Waals surface area contributed by atoms with Crippen LogP contribution in [0.3, 0.4) is 0 Å². The van der Waals surface area contributed by atoms with Crippen LogP contribution in [0.5, 0.6) is 0 Å². The summed E-state index contributed by atoms with van der Waals surface area (Å²) in [6.45, 7) is -0.740. The molecule has 0 rings (SSSR count). The minimum absolute atomic E-state index is 0.147. The van der Waals surface area contributed by atoms with Gasteiger partial charge in [-0.2, -0.15) is 0 Å². The molecule has 0 saturated carbocycles. The van der Waals surface area contributed by atoms with Crippen LogP contribution in [0.4, 0.5) is 4.39 Å². The molecule has 0 aliphatic rings. The summed E-state index contributed by atoms with van der Waals surface area (Å²) >= 11 is 0. The van der Waals surface area contributed by atoms with Crippen LogP contribution in [0.25, 0.3) is 0 Å². The van der Waals surface area contributed by atoms with E-state index in [1.54, 1.807) is 0 Å². The number of aliphatic carboxylic acids is 1. The molecule has 3 N–H and O–H groups in total. The summed E-state index contributed by atoms with van der Waals surface area (Å²) in [6, 6.07) is 0. The first kappa shape index (κ1) is 11.8. The molecule has 0 heterocycles. The number of hydrogen-bond acceptors (Lipinski definition) is 3. The van der Waals surface area contributed by atoms with Crippen molar-refractivity contribution in [2.24, 2.45) is 5.73 Å². The van der Waals surface area contributed by atoms with E-state index in [0.29, 0.717) is 0 Å². The molecule has 0 aromatic carbocycles. The van der Waals surface area contributed by atoms with E-state index in [1.807, 2.05) is 0 Å². The van der Waals surface area contributed by atoms with E-state index in [9.17, 15) is 14.0 Å². The molecule has 5 nitrogen and oxygen atoms in total. The van der Waals surface area contributed by atoms with Crippen LogP contribution in [0.15, 0.2) is 0 Å². The lowest BCUT2D eigenvalue weighted by molar-refractivity contribution is -0.138. The van der Waals surface area contributed by atoms with E-state index in [2.05, 4.69) is 0 Å². The smallest absolute Gasteiger partial charge is 0.317 e. The predicted molar refractivity (Wildman–Crippen MR) is 43.9 cm³/mol. The molecular formula is C7H13FN2O3. The van der Waals surface area contributed by atoms with Gasteiger partial charge in [-0.25, -0.2) is 0 Å².